The van der Waals surface area contributed by atoms with Gasteiger partial charge in [-0.05, 0) is 137 Å². The van der Waals surface area contributed by atoms with Crippen molar-refractivity contribution in [2.24, 2.45) is 0 Å². The molecule has 0 aliphatic carbocycles. The Morgan fingerprint density at radius 3 is 1.18 bits per heavy atom. The van der Waals surface area contributed by atoms with E-state index >= 15 is 0 Å². The van der Waals surface area contributed by atoms with Crippen molar-refractivity contribution in [1.29, 1.82) is 0 Å². The van der Waals surface area contributed by atoms with Crippen LogP contribution in [0, 0.1) is 0 Å². The highest BCUT2D eigenvalue weighted by molar-refractivity contribution is 6.18. The van der Waals surface area contributed by atoms with Crippen LogP contribution >= 0.6 is 0 Å². The number of aromatic nitrogens is 2. The Labute approximate surface area is 395 Å². The Bertz CT molecular complexity index is 3870. The van der Waals surface area contributed by atoms with Gasteiger partial charge < -0.3 is 9.13 Å². The van der Waals surface area contributed by atoms with E-state index in [-0.39, 0.29) is 0 Å². The minimum absolute atomic E-state index is 1.12. The van der Waals surface area contributed by atoms with Gasteiger partial charge in [0.25, 0.3) is 0 Å². The van der Waals surface area contributed by atoms with Gasteiger partial charge in [-0.15, -0.1) is 0 Å². The van der Waals surface area contributed by atoms with Crippen molar-refractivity contribution < 1.29 is 0 Å². The molecule has 0 aliphatic rings. The van der Waals surface area contributed by atoms with E-state index in [9.17, 15) is 0 Å². The molecule has 0 spiro atoms. The van der Waals surface area contributed by atoms with E-state index < -0.39 is 0 Å². The zero-order valence-electron chi connectivity index (χ0n) is 37.3. The molecule has 0 bridgehead atoms. The summed E-state index contributed by atoms with van der Waals surface area (Å²) in [5, 5.41) is 9.62. The van der Waals surface area contributed by atoms with Crippen LogP contribution in [0.15, 0.2) is 267 Å². The average molecular weight is 865 g/mol. The molecule has 2 nitrogen and oxygen atoms in total. The minimum atomic E-state index is 1.12. The summed E-state index contributed by atoms with van der Waals surface area (Å²) in [7, 11) is 0. The van der Waals surface area contributed by atoms with Crippen LogP contribution in [0.1, 0.15) is 0 Å². The molecular formula is C66H44N2. The van der Waals surface area contributed by atoms with Gasteiger partial charge in [-0.1, -0.05) is 212 Å². The van der Waals surface area contributed by atoms with Crippen LogP contribution in [0.5, 0.6) is 0 Å². The first-order valence-corrected chi connectivity index (χ1v) is 23.4. The fourth-order valence-electron chi connectivity index (χ4n) is 10.6. The van der Waals surface area contributed by atoms with Crippen LogP contribution in [0.4, 0.5) is 0 Å². The van der Waals surface area contributed by atoms with E-state index in [1.54, 1.807) is 0 Å². The van der Waals surface area contributed by atoms with Gasteiger partial charge >= 0.3 is 0 Å². The second-order valence-corrected chi connectivity index (χ2v) is 17.6. The SMILES string of the molecule is c1ccc(-c2ccc(-c3ccccc3)n2-c2ccc3cc4c(-c5cccc6ccccc56)c(-n5c(-c6ccccc6)ccc5-c5ccccc5)cc(-c5cccc6ccccc56)c4cc3c2)cc1. The van der Waals surface area contributed by atoms with E-state index in [1.807, 2.05) is 0 Å². The number of fused-ring (bicyclic) bond motifs is 4. The van der Waals surface area contributed by atoms with E-state index in [2.05, 4.69) is 276 Å². The predicted molar refractivity (Wildman–Crippen MR) is 288 cm³/mol. The summed E-state index contributed by atoms with van der Waals surface area (Å²) in [4.78, 5) is 0. The third kappa shape index (κ3) is 6.65. The zero-order valence-corrected chi connectivity index (χ0v) is 37.3. The van der Waals surface area contributed by atoms with Gasteiger partial charge in [0, 0.05) is 11.3 Å². The number of nitrogens with zero attached hydrogens (tertiary/aromatic N) is 2. The third-order valence-corrected chi connectivity index (χ3v) is 13.7. The lowest BCUT2D eigenvalue weighted by atomic mass is 9.86. The quantitative estimate of drug-likeness (QED) is 0.135. The van der Waals surface area contributed by atoms with Gasteiger partial charge in [-0.25, -0.2) is 0 Å². The maximum Gasteiger partial charge on any atom is 0.0553 e. The summed E-state index contributed by atoms with van der Waals surface area (Å²) in [6.07, 6.45) is 0. The molecule has 68 heavy (non-hydrogen) atoms. The van der Waals surface area contributed by atoms with Crippen LogP contribution in [-0.2, 0) is 0 Å². The first kappa shape index (κ1) is 39.4. The van der Waals surface area contributed by atoms with E-state index in [0.717, 1.165) is 45.3 Å². The first-order chi connectivity index (χ1) is 33.7. The molecule has 0 amide bonds. The average Bonchev–Trinajstić information content (AvgIpc) is 4.07. The molecule has 318 valence electrons. The maximum absolute atomic E-state index is 2.52. The van der Waals surface area contributed by atoms with E-state index in [4.69, 9.17) is 0 Å². The van der Waals surface area contributed by atoms with Crippen LogP contribution in [0.25, 0.3) is 122 Å². The van der Waals surface area contributed by atoms with Gasteiger partial charge in [0.15, 0.2) is 0 Å². The molecule has 13 rings (SSSR count). The van der Waals surface area contributed by atoms with Crippen molar-refractivity contribution >= 4 is 43.1 Å². The van der Waals surface area contributed by atoms with Gasteiger partial charge in [-0.3, -0.25) is 0 Å². The molecule has 11 aromatic carbocycles. The molecule has 0 N–H and O–H groups in total. The second-order valence-electron chi connectivity index (χ2n) is 17.6. The molecule has 0 atom stereocenters. The lowest BCUT2D eigenvalue weighted by Crippen LogP contribution is -2.04. The Morgan fingerprint density at radius 1 is 0.221 bits per heavy atom. The largest absolute Gasteiger partial charge is 0.309 e. The van der Waals surface area contributed by atoms with E-state index in [1.165, 1.54) is 76.5 Å². The van der Waals surface area contributed by atoms with Crippen molar-refractivity contribution in [3.05, 3.63) is 267 Å². The van der Waals surface area contributed by atoms with Crippen molar-refractivity contribution in [2.75, 3.05) is 0 Å². The highest BCUT2D eigenvalue weighted by Gasteiger charge is 2.24. The van der Waals surface area contributed by atoms with Crippen molar-refractivity contribution in [2.45, 2.75) is 0 Å². The zero-order chi connectivity index (χ0) is 45.0. The number of hydrogen-bond donors (Lipinski definition) is 0. The second kappa shape index (κ2) is 16.5. The number of hydrogen-bond acceptors (Lipinski definition) is 0. The molecule has 0 saturated carbocycles. The molecule has 2 aromatic heterocycles. The highest BCUT2D eigenvalue weighted by Crippen LogP contribution is 2.48. The van der Waals surface area contributed by atoms with Crippen molar-refractivity contribution in [3.8, 4) is 78.7 Å². The Morgan fingerprint density at radius 2 is 0.647 bits per heavy atom. The molecule has 0 saturated heterocycles. The summed E-state index contributed by atoms with van der Waals surface area (Å²) in [5.74, 6) is 0. The summed E-state index contributed by atoms with van der Waals surface area (Å²) in [6, 6.07) is 97.8. The van der Waals surface area contributed by atoms with Crippen LogP contribution in [0.3, 0.4) is 0 Å². The third-order valence-electron chi connectivity index (χ3n) is 13.7. The molecule has 13 aromatic rings. The van der Waals surface area contributed by atoms with Crippen LogP contribution < -0.4 is 0 Å². The molecule has 0 radical (unpaired) electrons. The van der Waals surface area contributed by atoms with Crippen molar-refractivity contribution in [3.63, 3.8) is 0 Å². The fourth-order valence-corrected chi connectivity index (χ4v) is 10.6. The molecule has 0 fully saturated rings. The monoisotopic (exact) mass is 864 g/mol. The lowest BCUT2D eigenvalue weighted by Gasteiger charge is -2.24. The Balaban J connectivity index is 1.17. The standard InChI is InChI=1S/C66H44N2/c1-5-21-47(22-6-1)61-37-38-62(48-23-7-2-8-24-48)67(61)53-36-35-51-42-60-58(43-52(51)41-53)59(56-33-17-29-45-19-13-15-31-54(45)56)44-65(66(60)57-34-18-30-46-20-14-16-32-55(46)57)68-63(49-25-9-3-10-26-49)39-40-64(68)50-27-11-4-12-28-50/h1-44H. The van der Waals surface area contributed by atoms with Gasteiger partial charge in [0.2, 0.25) is 0 Å². The lowest BCUT2D eigenvalue weighted by molar-refractivity contribution is 1.10. The van der Waals surface area contributed by atoms with Crippen LogP contribution in [-0.4, -0.2) is 9.13 Å². The molecule has 0 unspecified atom stereocenters. The van der Waals surface area contributed by atoms with Gasteiger partial charge in [-0.2, -0.15) is 0 Å². The molecule has 0 aliphatic heterocycles. The topological polar surface area (TPSA) is 9.86 Å². The molecule has 2 heteroatoms. The Kier molecular flexibility index (Phi) is 9.54. The first-order valence-electron chi connectivity index (χ1n) is 23.4. The van der Waals surface area contributed by atoms with Gasteiger partial charge in [0.05, 0.1) is 28.5 Å². The Hall–Kier alpha value is -8.98. The van der Waals surface area contributed by atoms with Crippen LogP contribution in [0.2, 0.25) is 0 Å². The summed E-state index contributed by atoms with van der Waals surface area (Å²) in [5.41, 5.74) is 16.3. The minimum Gasteiger partial charge on any atom is -0.309 e. The van der Waals surface area contributed by atoms with Crippen molar-refractivity contribution in [1.82, 2.24) is 9.13 Å². The smallest absolute Gasteiger partial charge is 0.0553 e. The highest BCUT2D eigenvalue weighted by atomic mass is 15.0. The summed E-state index contributed by atoms with van der Waals surface area (Å²) < 4.78 is 4.94. The summed E-state index contributed by atoms with van der Waals surface area (Å²) >= 11 is 0. The maximum atomic E-state index is 2.52. The van der Waals surface area contributed by atoms with Gasteiger partial charge in [0.1, 0.15) is 0 Å². The fraction of sp³-hybridized carbons (Fsp3) is 0. The number of rotatable bonds is 8. The molecule has 2 heterocycles. The predicted octanol–water partition coefficient (Wildman–Crippen LogP) is 17.9. The number of benzene rings is 11. The molecular weight excluding hydrogens is 821 g/mol. The normalized spacial score (nSPS) is 11.5. The summed E-state index contributed by atoms with van der Waals surface area (Å²) in [6.45, 7) is 0. The van der Waals surface area contributed by atoms with E-state index in [0.29, 0.717) is 0 Å².